The Morgan fingerprint density at radius 3 is 2.76 bits per heavy atom. The summed E-state index contributed by atoms with van der Waals surface area (Å²) in [5.41, 5.74) is 6.77. The third kappa shape index (κ3) is 2.45. The topological polar surface area (TPSA) is 102 Å². The van der Waals surface area contributed by atoms with Gasteiger partial charge in [-0.3, -0.25) is 0 Å². The van der Waals surface area contributed by atoms with Crippen LogP contribution in [-0.4, -0.2) is 29.0 Å². The molecule has 1 aliphatic heterocycles. The monoisotopic (exact) mass is 303 g/mol. The third-order valence-electron chi connectivity index (χ3n) is 3.00. The molecule has 2 N–H and O–H groups in total. The fraction of sp³-hybridized carbons (Fsp3) is 0.154. The molecule has 0 saturated heterocycles. The van der Waals surface area contributed by atoms with Crippen LogP contribution in [0, 0.1) is 6.92 Å². The van der Waals surface area contributed by atoms with Crippen molar-refractivity contribution in [3.8, 4) is 0 Å². The van der Waals surface area contributed by atoms with Crippen molar-refractivity contribution >= 4 is 27.9 Å². The number of para-hydroxylation sites is 1. The van der Waals surface area contributed by atoms with Gasteiger partial charge in [0.25, 0.3) is 10.0 Å². The fourth-order valence-corrected chi connectivity index (χ4v) is 3.43. The first kappa shape index (κ1) is 13.5. The van der Waals surface area contributed by atoms with E-state index in [2.05, 4.69) is 15.0 Å². The number of anilines is 1. The van der Waals surface area contributed by atoms with Gasteiger partial charge in [0, 0.05) is 11.8 Å². The molecule has 0 amide bonds. The Bertz CT molecular complexity index is 812. The summed E-state index contributed by atoms with van der Waals surface area (Å²) in [5.74, 6) is 0.645. The van der Waals surface area contributed by atoms with Crippen LogP contribution in [0.5, 0.6) is 0 Å². The smallest absolute Gasteiger partial charge is 0.267 e. The lowest BCUT2D eigenvalue weighted by Gasteiger charge is -2.23. The molecular weight excluding hydrogens is 290 g/mol. The summed E-state index contributed by atoms with van der Waals surface area (Å²) < 4.78 is 26.2. The van der Waals surface area contributed by atoms with E-state index in [0.717, 1.165) is 4.31 Å². The highest BCUT2D eigenvalue weighted by Crippen LogP contribution is 2.30. The molecule has 1 aliphatic rings. The Morgan fingerprint density at radius 2 is 2.00 bits per heavy atom. The van der Waals surface area contributed by atoms with E-state index >= 15 is 0 Å². The van der Waals surface area contributed by atoms with Crippen molar-refractivity contribution < 1.29 is 8.42 Å². The third-order valence-corrected chi connectivity index (χ3v) is 4.74. The normalized spacial score (nSPS) is 15.8. The van der Waals surface area contributed by atoms with E-state index in [0.29, 0.717) is 23.0 Å². The molecule has 1 aromatic heterocycles. The van der Waals surface area contributed by atoms with Crippen molar-refractivity contribution in [2.75, 3.05) is 5.73 Å². The van der Waals surface area contributed by atoms with Gasteiger partial charge < -0.3 is 5.73 Å². The number of nitrogen functional groups attached to an aromatic ring is 1. The molecule has 8 heteroatoms. The Morgan fingerprint density at radius 1 is 1.24 bits per heavy atom. The highest BCUT2D eigenvalue weighted by molar-refractivity contribution is 7.89. The predicted octanol–water partition coefficient (Wildman–Crippen LogP) is 1.23. The van der Waals surface area contributed by atoms with Crippen LogP contribution in [0.15, 0.2) is 40.2 Å². The summed E-state index contributed by atoms with van der Waals surface area (Å²) >= 11 is 0. The summed E-state index contributed by atoms with van der Waals surface area (Å²) in [4.78, 5) is 12.6. The zero-order chi connectivity index (χ0) is 15.0. The minimum Gasteiger partial charge on any atom is -0.384 e. The van der Waals surface area contributed by atoms with Gasteiger partial charge in [-0.2, -0.15) is 0 Å². The molecule has 108 valence electrons. The summed E-state index contributed by atoms with van der Waals surface area (Å²) in [7, 11) is -3.64. The number of hydrogen-bond acceptors (Lipinski definition) is 6. The Balaban J connectivity index is 1.98. The van der Waals surface area contributed by atoms with Gasteiger partial charge in [0.1, 0.15) is 17.1 Å². The maximum absolute atomic E-state index is 12.5. The van der Waals surface area contributed by atoms with Gasteiger partial charge >= 0.3 is 0 Å². The van der Waals surface area contributed by atoms with Crippen molar-refractivity contribution in [2.45, 2.75) is 18.4 Å². The summed E-state index contributed by atoms with van der Waals surface area (Å²) in [6.45, 7) is 1.77. The molecule has 0 radical (unpaired) electrons. The molecular formula is C13H13N5O2S. The molecule has 3 rings (SSSR count). The van der Waals surface area contributed by atoms with Gasteiger partial charge in [-0.1, -0.05) is 12.1 Å². The molecule has 0 saturated carbocycles. The second-order valence-electron chi connectivity index (χ2n) is 4.61. The first-order valence-corrected chi connectivity index (χ1v) is 7.66. The number of aryl methyl sites for hydroxylation is 1. The Labute approximate surface area is 122 Å². The molecule has 0 aliphatic carbocycles. The molecule has 0 bridgehead atoms. The van der Waals surface area contributed by atoms with Crippen LogP contribution in [0.3, 0.4) is 0 Å². The molecule has 2 heterocycles. The Kier molecular flexibility index (Phi) is 3.09. The quantitative estimate of drug-likeness (QED) is 0.899. The van der Waals surface area contributed by atoms with Gasteiger partial charge in [0.15, 0.2) is 5.82 Å². The minimum absolute atomic E-state index is 0.00789. The fourth-order valence-electron chi connectivity index (χ4n) is 2.09. The number of nitrogens with zero attached hydrogens (tertiary/aromatic N) is 4. The Hall–Kier alpha value is -2.48. The molecule has 2 aromatic rings. The van der Waals surface area contributed by atoms with Crippen molar-refractivity contribution in [3.05, 3.63) is 41.9 Å². The number of rotatable bonds is 2. The summed E-state index contributed by atoms with van der Waals surface area (Å²) in [6, 6.07) is 8.21. The zero-order valence-corrected chi connectivity index (χ0v) is 12.1. The molecule has 7 nitrogen and oxygen atoms in total. The number of hydrogen-bond donors (Lipinski definition) is 1. The number of aliphatic imine (C=N–C) groups is 1. The largest absolute Gasteiger partial charge is 0.384 e. The van der Waals surface area contributed by atoms with Crippen molar-refractivity contribution in [2.24, 2.45) is 4.99 Å². The molecule has 0 atom stereocenters. The van der Waals surface area contributed by atoms with Gasteiger partial charge in [-0.05, 0) is 19.1 Å². The van der Waals surface area contributed by atoms with E-state index < -0.39 is 10.0 Å². The van der Waals surface area contributed by atoms with E-state index in [9.17, 15) is 8.42 Å². The maximum Gasteiger partial charge on any atom is 0.267 e. The average molecular weight is 303 g/mol. The number of aromatic nitrogens is 2. The highest BCUT2D eigenvalue weighted by Gasteiger charge is 2.29. The van der Waals surface area contributed by atoms with Gasteiger partial charge in [-0.15, -0.1) is 0 Å². The molecule has 0 fully saturated rings. The van der Waals surface area contributed by atoms with Crippen LogP contribution in [0.4, 0.5) is 11.5 Å². The first-order chi connectivity index (χ1) is 9.96. The predicted molar refractivity (Wildman–Crippen MR) is 78.5 cm³/mol. The van der Waals surface area contributed by atoms with E-state index in [1.165, 1.54) is 12.4 Å². The van der Waals surface area contributed by atoms with Crippen LogP contribution in [0.25, 0.3) is 0 Å². The molecule has 0 unspecified atom stereocenters. The first-order valence-electron chi connectivity index (χ1n) is 6.22. The van der Waals surface area contributed by atoms with Crippen LogP contribution < -0.4 is 5.73 Å². The molecule has 0 spiro atoms. The second kappa shape index (κ2) is 4.81. The van der Waals surface area contributed by atoms with Gasteiger partial charge in [0.2, 0.25) is 0 Å². The van der Waals surface area contributed by atoms with E-state index in [1.807, 2.05) is 0 Å². The number of nitrogens with two attached hydrogens (primary N) is 1. The molecule has 1 aromatic carbocycles. The van der Waals surface area contributed by atoms with Crippen molar-refractivity contribution in [1.82, 2.24) is 14.3 Å². The van der Waals surface area contributed by atoms with Crippen LogP contribution >= 0.6 is 0 Å². The molecule has 21 heavy (non-hydrogen) atoms. The lowest BCUT2D eigenvalue weighted by atomic mass is 10.3. The number of fused-ring (bicyclic) bond motifs is 1. The SMILES string of the molecule is Cc1cc(N)nc(CN2C=Nc3ccccc3S2(=O)=O)n1. The zero-order valence-electron chi connectivity index (χ0n) is 11.3. The minimum atomic E-state index is -3.64. The summed E-state index contributed by atoms with van der Waals surface area (Å²) in [6.07, 6.45) is 1.28. The lowest BCUT2D eigenvalue weighted by Crippen LogP contribution is -2.32. The van der Waals surface area contributed by atoms with Crippen LogP contribution in [-0.2, 0) is 16.6 Å². The lowest BCUT2D eigenvalue weighted by molar-refractivity contribution is 0.513. The highest BCUT2D eigenvalue weighted by atomic mass is 32.2. The van der Waals surface area contributed by atoms with Crippen molar-refractivity contribution in [3.63, 3.8) is 0 Å². The number of benzene rings is 1. The maximum atomic E-state index is 12.5. The van der Waals surface area contributed by atoms with Crippen LogP contribution in [0.1, 0.15) is 11.5 Å². The standard InChI is InChI=1S/C13H13N5O2S/c1-9-6-12(14)17-13(16-9)7-18-8-15-10-4-2-3-5-11(10)21(18,19)20/h2-6,8H,7H2,1H3,(H2,14,16,17). The van der Waals surface area contributed by atoms with Crippen molar-refractivity contribution in [1.29, 1.82) is 0 Å². The van der Waals surface area contributed by atoms with E-state index in [-0.39, 0.29) is 11.4 Å². The number of sulfonamides is 1. The average Bonchev–Trinajstić information content (AvgIpc) is 2.41. The van der Waals surface area contributed by atoms with E-state index in [1.54, 1.807) is 31.2 Å². The van der Waals surface area contributed by atoms with Crippen LogP contribution in [0.2, 0.25) is 0 Å². The van der Waals surface area contributed by atoms with E-state index in [4.69, 9.17) is 5.73 Å². The summed E-state index contributed by atoms with van der Waals surface area (Å²) in [5, 5.41) is 0. The van der Waals surface area contributed by atoms with Gasteiger partial charge in [0.05, 0.1) is 12.2 Å². The second-order valence-corrected chi connectivity index (χ2v) is 6.47. The van der Waals surface area contributed by atoms with Gasteiger partial charge in [-0.25, -0.2) is 27.7 Å².